The van der Waals surface area contributed by atoms with E-state index in [1.807, 2.05) is 12.1 Å². The van der Waals surface area contributed by atoms with Gasteiger partial charge < -0.3 is 9.84 Å². The number of nitrogens with zero attached hydrogens (tertiary/aromatic N) is 2. The molecule has 0 aliphatic rings. The van der Waals surface area contributed by atoms with Gasteiger partial charge in [0.2, 0.25) is 0 Å². The Labute approximate surface area is 141 Å². The van der Waals surface area contributed by atoms with Crippen molar-refractivity contribution >= 4 is 17.5 Å². The van der Waals surface area contributed by atoms with Crippen LogP contribution >= 0.6 is 11.6 Å². The monoisotopic (exact) mass is 335 g/mol. The lowest BCUT2D eigenvalue weighted by molar-refractivity contribution is 0.0937. The minimum absolute atomic E-state index is 0.234. The lowest BCUT2D eigenvalue weighted by Gasteiger charge is -2.24. The number of aromatic nitrogens is 1. The number of hydrogen-bond acceptors (Lipinski definition) is 4. The smallest absolute Gasteiger partial charge is 0.273 e. The van der Waals surface area contributed by atoms with Crippen LogP contribution in [0, 0.1) is 0 Å². The summed E-state index contributed by atoms with van der Waals surface area (Å²) in [5, 5.41) is 7.31. The van der Waals surface area contributed by atoms with E-state index in [-0.39, 0.29) is 11.6 Å². The Hall–Kier alpha value is -1.85. The van der Waals surface area contributed by atoms with Gasteiger partial charge in [0, 0.05) is 35.8 Å². The molecule has 0 aliphatic heterocycles. The number of carbonyl (C=O) groups is 1. The highest BCUT2D eigenvalue weighted by Gasteiger charge is 2.14. The Bertz CT molecular complexity index is 655. The van der Waals surface area contributed by atoms with Crippen molar-refractivity contribution in [3.63, 3.8) is 0 Å². The van der Waals surface area contributed by atoms with Gasteiger partial charge in [-0.15, -0.1) is 0 Å². The first-order valence-corrected chi connectivity index (χ1v) is 8.14. The lowest BCUT2D eigenvalue weighted by atomic mass is 10.1. The van der Waals surface area contributed by atoms with Crippen molar-refractivity contribution in [2.45, 2.75) is 26.8 Å². The van der Waals surface area contributed by atoms with Gasteiger partial charge in [-0.25, -0.2) is 0 Å². The third-order valence-corrected chi connectivity index (χ3v) is 3.91. The van der Waals surface area contributed by atoms with E-state index in [9.17, 15) is 4.79 Å². The van der Waals surface area contributed by atoms with Crippen molar-refractivity contribution in [3.05, 3.63) is 41.0 Å². The third kappa shape index (κ3) is 4.81. The predicted molar refractivity (Wildman–Crippen MR) is 91.7 cm³/mol. The van der Waals surface area contributed by atoms with Crippen LogP contribution in [0.5, 0.6) is 0 Å². The van der Waals surface area contributed by atoms with Crippen LogP contribution in [0.2, 0.25) is 5.02 Å². The van der Waals surface area contributed by atoms with E-state index in [0.717, 1.165) is 18.7 Å². The van der Waals surface area contributed by atoms with Crippen LogP contribution in [0.3, 0.4) is 0 Å². The summed E-state index contributed by atoms with van der Waals surface area (Å²) in [5.41, 5.74) is 1.06. The molecule has 0 bridgehead atoms. The summed E-state index contributed by atoms with van der Waals surface area (Å²) in [7, 11) is 0. The zero-order chi connectivity index (χ0) is 16.8. The second-order valence-corrected chi connectivity index (χ2v) is 6.00. The molecule has 1 aromatic carbocycles. The molecule has 2 rings (SSSR count). The van der Waals surface area contributed by atoms with Crippen LogP contribution in [0.15, 0.2) is 34.9 Å². The summed E-state index contributed by atoms with van der Waals surface area (Å²) in [5.74, 6) is 0.289. The van der Waals surface area contributed by atoms with E-state index in [0.29, 0.717) is 23.4 Å². The highest BCUT2D eigenvalue weighted by molar-refractivity contribution is 6.30. The van der Waals surface area contributed by atoms with Gasteiger partial charge in [0.25, 0.3) is 5.91 Å². The molecule has 0 saturated carbocycles. The summed E-state index contributed by atoms with van der Waals surface area (Å²) in [6, 6.07) is 9.31. The maximum atomic E-state index is 12.1. The average Bonchev–Trinajstić information content (AvgIpc) is 3.01. The van der Waals surface area contributed by atoms with Crippen molar-refractivity contribution in [1.29, 1.82) is 0 Å². The minimum atomic E-state index is -0.234. The Morgan fingerprint density at radius 3 is 2.83 bits per heavy atom. The van der Waals surface area contributed by atoms with Gasteiger partial charge in [0.1, 0.15) is 0 Å². The molecule has 0 aliphatic carbocycles. The molecule has 1 heterocycles. The fraction of sp³-hybridized carbons (Fsp3) is 0.412. The first-order valence-electron chi connectivity index (χ1n) is 7.76. The lowest BCUT2D eigenvalue weighted by Crippen LogP contribution is -2.38. The number of carbonyl (C=O) groups excluding carboxylic acids is 1. The molecule has 5 nitrogen and oxygen atoms in total. The molecular weight excluding hydrogens is 314 g/mol. The van der Waals surface area contributed by atoms with E-state index in [4.69, 9.17) is 16.1 Å². The van der Waals surface area contributed by atoms with E-state index in [1.54, 1.807) is 18.2 Å². The molecule has 23 heavy (non-hydrogen) atoms. The van der Waals surface area contributed by atoms with E-state index >= 15 is 0 Å². The quantitative estimate of drug-likeness (QED) is 0.842. The molecule has 0 radical (unpaired) electrons. The number of rotatable bonds is 7. The molecule has 0 unspecified atom stereocenters. The maximum Gasteiger partial charge on any atom is 0.273 e. The van der Waals surface area contributed by atoms with Gasteiger partial charge in [-0.3, -0.25) is 9.69 Å². The van der Waals surface area contributed by atoms with E-state index in [2.05, 4.69) is 36.1 Å². The standard InChI is InChI=1S/C17H22ClN3O2/c1-4-21(12(2)3)9-8-19-17(22)15-11-16(23-20-15)13-6-5-7-14(18)10-13/h5-7,10-12H,4,8-9H2,1-3H3,(H,19,22). The topological polar surface area (TPSA) is 58.4 Å². The van der Waals surface area contributed by atoms with Gasteiger partial charge >= 0.3 is 0 Å². The average molecular weight is 336 g/mol. The molecule has 1 N–H and O–H groups in total. The number of benzene rings is 1. The largest absolute Gasteiger partial charge is 0.355 e. The highest BCUT2D eigenvalue weighted by atomic mass is 35.5. The number of halogens is 1. The summed E-state index contributed by atoms with van der Waals surface area (Å²) < 4.78 is 5.23. The fourth-order valence-corrected chi connectivity index (χ4v) is 2.54. The molecule has 124 valence electrons. The number of likely N-dealkylation sites (N-methyl/N-ethyl adjacent to an activating group) is 1. The van der Waals surface area contributed by atoms with E-state index < -0.39 is 0 Å². The Kier molecular flexibility index (Phi) is 6.19. The fourth-order valence-electron chi connectivity index (χ4n) is 2.35. The number of amides is 1. The SMILES string of the molecule is CCN(CCNC(=O)c1cc(-c2cccc(Cl)c2)on1)C(C)C. The first kappa shape index (κ1) is 17.5. The Balaban J connectivity index is 1.94. The van der Waals surface area contributed by atoms with Crippen molar-refractivity contribution in [2.75, 3.05) is 19.6 Å². The van der Waals surface area contributed by atoms with Gasteiger partial charge in [0.15, 0.2) is 11.5 Å². The third-order valence-electron chi connectivity index (χ3n) is 3.67. The van der Waals surface area contributed by atoms with Crippen molar-refractivity contribution in [1.82, 2.24) is 15.4 Å². The maximum absolute atomic E-state index is 12.1. The highest BCUT2D eigenvalue weighted by Crippen LogP contribution is 2.23. The molecule has 1 aromatic heterocycles. The zero-order valence-corrected chi connectivity index (χ0v) is 14.4. The van der Waals surface area contributed by atoms with Crippen LogP contribution in [-0.4, -0.2) is 41.6 Å². The van der Waals surface area contributed by atoms with Crippen molar-refractivity contribution in [2.24, 2.45) is 0 Å². The van der Waals surface area contributed by atoms with Gasteiger partial charge in [0.05, 0.1) is 0 Å². The van der Waals surface area contributed by atoms with E-state index in [1.165, 1.54) is 0 Å². The summed E-state index contributed by atoms with van der Waals surface area (Å²) in [4.78, 5) is 14.4. The van der Waals surface area contributed by atoms with Gasteiger partial charge in [-0.2, -0.15) is 0 Å². The molecule has 0 fully saturated rings. The molecule has 0 spiro atoms. The predicted octanol–water partition coefficient (Wildman–Crippen LogP) is 3.46. The molecule has 1 amide bonds. The summed E-state index contributed by atoms with van der Waals surface area (Å²) in [6.07, 6.45) is 0. The van der Waals surface area contributed by atoms with Crippen LogP contribution in [0.1, 0.15) is 31.3 Å². The first-order chi connectivity index (χ1) is 11.0. The second kappa shape index (κ2) is 8.13. The normalized spacial score (nSPS) is 11.2. The van der Waals surface area contributed by atoms with Crippen LogP contribution in [0.4, 0.5) is 0 Å². The summed E-state index contributed by atoms with van der Waals surface area (Å²) in [6.45, 7) is 8.72. The van der Waals surface area contributed by atoms with Gasteiger partial charge in [-0.05, 0) is 32.5 Å². The van der Waals surface area contributed by atoms with Crippen LogP contribution < -0.4 is 5.32 Å². The zero-order valence-electron chi connectivity index (χ0n) is 13.7. The molecular formula is C17H22ClN3O2. The molecule has 0 atom stereocenters. The summed E-state index contributed by atoms with van der Waals surface area (Å²) >= 11 is 5.96. The minimum Gasteiger partial charge on any atom is -0.355 e. The molecule has 0 saturated heterocycles. The molecule has 2 aromatic rings. The number of hydrogen-bond donors (Lipinski definition) is 1. The number of nitrogens with one attached hydrogen (secondary N) is 1. The van der Waals surface area contributed by atoms with Crippen molar-refractivity contribution < 1.29 is 9.32 Å². The Morgan fingerprint density at radius 2 is 2.17 bits per heavy atom. The van der Waals surface area contributed by atoms with Crippen molar-refractivity contribution in [3.8, 4) is 11.3 Å². The second-order valence-electron chi connectivity index (χ2n) is 5.56. The Morgan fingerprint density at radius 1 is 1.39 bits per heavy atom. The molecule has 6 heteroatoms. The van der Waals surface area contributed by atoms with Crippen LogP contribution in [0.25, 0.3) is 11.3 Å². The van der Waals surface area contributed by atoms with Crippen LogP contribution in [-0.2, 0) is 0 Å². The van der Waals surface area contributed by atoms with Gasteiger partial charge in [-0.1, -0.05) is 35.8 Å².